The van der Waals surface area contributed by atoms with Crippen molar-refractivity contribution in [2.45, 2.75) is 39.0 Å². The molecule has 0 fully saturated rings. The summed E-state index contributed by atoms with van der Waals surface area (Å²) < 4.78 is 15.0. The second-order valence-electron chi connectivity index (χ2n) is 4.91. The SMILES string of the molecule is COCC(C)OCC(O)CNC(C(=O)OC)C(C)C. The summed E-state index contributed by atoms with van der Waals surface area (Å²) in [7, 11) is 2.95. The molecule has 6 nitrogen and oxygen atoms in total. The first-order valence-corrected chi connectivity index (χ1v) is 6.52. The van der Waals surface area contributed by atoms with Gasteiger partial charge in [-0.15, -0.1) is 0 Å². The summed E-state index contributed by atoms with van der Waals surface area (Å²) in [6, 6.07) is -0.420. The Kier molecular flexibility index (Phi) is 9.77. The molecule has 0 amide bonds. The molecule has 2 N–H and O–H groups in total. The molecule has 0 saturated heterocycles. The Morgan fingerprint density at radius 3 is 2.32 bits per heavy atom. The smallest absolute Gasteiger partial charge is 0.323 e. The molecule has 0 aliphatic rings. The van der Waals surface area contributed by atoms with Gasteiger partial charge in [0, 0.05) is 13.7 Å². The van der Waals surface area contributed by atoms with Crippen LogP contribution in [0.5, 0.6) is 0 Å². The number of aliphatic hydroxyl groups excluding tert-OH is 1. The zero-order valence-corrected chi connectivity index (χ0v) is 12.5. The molecule has 0 heterocycles. The Morgan fingerprint density at radius 1 is 1.21 bits per heavy atom. The zero-order valence-electron chi connectivity index (χ0n) is 12.5. The molecular formula is C13H27NO5. The van der Waals surface area contributed by atoms with E-state index in [1.165, 1.54) is 7.11 Å². The zero-order chi connectivity index (χ0) is 14.8. The second kappa shape index (κ2) is 10.1. The van der Waals surface area contributed by atoms with Crippen LogP contribution >= 0.6 is 0 Å². The Morgan fingerprint density at radius 2 is 1.84 bits per heavy atom. The maximum atomic E-state index is 11.5. The monoisotopic (exact) mass is 277 g/mol. The highest BCUT2D eigenvalue weighted by Gasteiger charge is 2.23. The van der Waals surface area contributed by atoms with E-state index in [4.69, 9.17) is 14.2 Å². The number of hydrogen-bond donors (Lipinski definition) is 2. The Balaban J connectivity index is 3.98. The van der Waals surface area contributed by atoms with Crippen molar-refractivity contribution in [3.63, 3.8) is 0 Å². The number of methoxy groups -OCH3 is 2. The lowest BCUT2D eigenvalue weighted by Crippen LogP contribution is -2.46. The predicted octanol–water partition coefficient (Wildman–Crippen LogP) is 0.186. The number of carbonyl (C=O) groups is 1. The van der Waals surface area contributed by atoms with Gasteiger partial charge in [0.15, 0.2) is 0 Å². The van der Waals surface area contributed by atoms with Gasteiger partial charge in [0.25, 0.3) is 0 Å². The van der Waals surface area contributed by atoms with Gasteiger partial charge in [-0.25, -0.2) is 0 Å². The van der Waals surface area contributed by atoms with Crippen molar-refractivity contribution in [1.29, 1.82) is 0 Å². The van der Waals surface area contributed by atoms with Crippen LogP contribution in [0.25, 0.3) is 0 Å². The molecule has 3 atom stereocenters. The summed E-state index contributed by atoms with van der Waals surface area (Å²) >= 11 is 0. The lowest BCUT2D eigenvalue weighted by Gasteiger charge is -2.22. The van der Waals surface area contributed by atoms with Gasteiger partial charge in [-0.2, -0.15) is 0 Å². The standard InChI is InChI=1S/C13H27NO5/c1-9(2)12(13(16)18-5)14-6-11(15)8-19-10(3)7-17-4/h9-12,14-15H,6-8H2,1-5H3. The summed E-state index contributed by atoms with van der Waals surface area (Å²) in [4.78, 5) is 11.5. The van der Waals surface area contributed by atoms with Crippen molar-refractivity contribution >= 4 is 5.97 Å². The average Bonchev–Trinajstić information content (AvgIpc) is 2.36. The minimum Gasteiger partial charge on any atom is -0.468 e. The fourth-order valence-corrected chi connectivity index (χ4v) is 1.60. The van der Waals surface area contributed by atoms with Gasteiger partial charge in [0.2, 0.25) is 0 Å². The van der Waals surface area contributed by atoms with Gasteiger partial charge in [0.05, 0.1) is 32.5 Å². The molecule has 0 bridgehead atoms. The summed E-state index contributed by atoms with van der Waals surface area (Å²) in [5, 5.41) is 12.8. The number of rotatable bonds is 10. The number of carbonyl (C=O) groups excluding carboxylic acids is 1. The molecule has 0 saturated carbocycles. The van der Waals surface area contributed by atoms with Crippen LogP contribution < -0.4 is 5.32 Å². The molecule has 0 spiro atoms. The minimum absolute atomic E-state index is 0.0684. The first-order chi connectivity index (χ1) is 8.92. The van der Waals surface area contributed by atoms with E-state index in [9.17, 15) is 9.90 Å². The summed E-state index contributed by atoms with van der Waals surface area (Å²) in [5.74, 6) is -0.233. The maximum absolute atomic E-state index is 11.5. The van der Waals surface area contributed by atoms with Crippen LogP contribution in [0.1, 0.15) is 20.8 Å². The highest BCUT2D eigenvalue weighted by molar-refractivity contribution is 5.75. The Hall–Kier alpha value is -0.690. The van der Waals surface area contributed by atoms with Gasteiger partial charge in [-0.1, -0.05) is 13.8 Å². The second-order valence-corrected chi connectivity index (χ2v) is 4.91. The van der Waals surface area contributed by atoms with E-state index in [2.05, 4.69) is 5.32 Å². The molecule has 0 radical (unpaired) electrons. The average molecular weight is 277 g/mol. The molecule has 6 heteroatoms. The van der Waals surface area contributed by atoms with Crippen LogP contribution in [-0.4, -0.2) is 63.3 Å². The van der Waals surface area contributed by atoms with E-state index in [0.29, 0.717) is 6.61 Å². The van der Waals surface area contributed by atoms with Crippen LogP contribution in [0, 0.1) is 5.92 Å². The number of nitrogens with one attached hydrogen (secondary N) is 1. The molecule has 0 aromatic carbocycles. The fraction of sp³-hybridized carbons (Fsp3) is 0.923. The summed E-state index contributed by atoms with van der Waals surface area (Å²) in [5.41, 5.74) is 0. The predicted molar refractivity (Wildman–Crippen MR) is 71.9 cm³/mol. The van der Waals surface area contributed by atoms with Crippen LogP contribution in [0.15, 0.2) is 0 Å². The molecule has 19 heavy (non-hydrogen) atoms. The van der Waals surface area contributed by atoms with Gasteiger partial charge >= 0.3 is 5.97 Å². The van der Waals surface area contributed by atoms with E-state index >= 15 is 0 Å². The third-order valence-electron chi connectivity index (χ3n) is 2.67. The van der Waals surface area contributed by atoms with E-state index in [1.807, 2.05) is 20.8 Å². The third-order valence-corrected chi connectivity index (χ3v) is 2.67. The van der Waals surface area contributed by atoms with E-state index in [1.54, 1.807) is 7.11 Å². The van der Waals surface area contributed by atoms with Crippen LogP contribution in [0.2, 0.25) is 0 Å². The van der Waals surface area contributed by atoms with E-state index in [-0.39, 0.29) is 31.1 Å². The van der Waals surface area contributed by atoms with Crippen molar-refractivity contribution in [1.82, 2.24) is 5.32 Å². The van der Waals surface area contributed by atoms with Gasteiger partial charge in [-0.3, -0.25) is 4.79 Å². The normalized spacial score (nSPS) is 16.2. The quantitative estimate of drug-likeness (QED) is 0.555. The number of aliphatic hydroxyl groups is 1. The minimum atomic E-state index is -0.676. The van der Waals surface area contributed by atoms with Crippen molar-refractivity contribution in [3.05, 3.63) is 0 Å². The number of hydrogen-bond acceptors (Lipinski definition) is 6. The van der Waals surface area contributed by atoms with Crippen LogP contribution in [0.4, 0.5) is 0 Å². The molecule has 114 valence electrons. The molecule has 3 unspecified atom stereocenters. The molecule has 0 rings (SSSR count). The van der Waals surface area contributed by atoms with Crippen molar-refractivity contribution in [3.8, 4) is 0 Å². The molecule has 0 aliphatic heterocycles. The molecular weight excluding hydrogens is 250 g/mol. The van der Waals surface area contributed by atoms with Crippen LogP contribution in [-0.2, 0) is 19.0 Å². The van der Waals surface area contributed by atoms with E-state index < -0.39 is 12.1 Å². The maximum Gasteiger partial charge on any atom is 0.323 e. The first-order valence-electron chi connectivity index (χ1n) is 6.52. The summed E-state index contributed by atoms with van der Waals surface area (Å²) in [6.07, 6.45) is -0.744. The lowest BCUT2D eigenvalue weighted by atomic mass is 10.0. The van der Waals surface area contributed by atoms with Crippen molar-refractivity contribution in [2.24, 2.45) is 5.92 Å². The molecule has 0 aliphatic carbocycles. The highest BCUT2D eigenvalue weighted by Crippen LogP contribution is 2.03. The first kappa shape index (κ1) is 18.3. The summed E-state index contributed by atoms with van der Waals surface area (Å²) in [6.45, 7) is 6.66. The van der Waals surface area contributed by atoms with Crippen molar-refractivity contribution in [2.75, 3.05) is 34.0 Å². The molecule has 0 aromatic rings. The van der Waals surface area contributed by atoms with Gasteiger partial charge < -0.3 is 24.6 Å². The lowest BCUT2D eigenvalue weighted by molar-refractivity contribution is -0.144. The number of esters is 1. The number of ether oxygens (including phenoxy) is 3. The highest BCUT2D eigenvalue weighted by atomic mass is 16.5. The largest absolute Gasteiger partial charge is 0.468 e. The van der Waals surface area contributed by atoms with Gasteiger partial charge in [-0.05, 0) is 12.8 Å². The van der Waals surface area contributed by atoms with Gasteiger partial charge in [0.1, 0.15) is 6.04 Å². The Labute approximate surface area is 115 Å². The van der Waals surface area contributed by atoms with E-state index in [0.717, 1.165) is 0 Å². The third kappa shape index (κ3) is 8.15. The fourth-order valence-electron chi connectivity index (χ4n) is 1.60. The molecule has 0 aromatic heterocycles. The topological polar surface area (TPSA) is 77.0 Å². The van der Waals surface area contributed by atoms with Crippen LogP contribution in [0.3, 0.4) is 0 Å². The Bertz CT molecular complexity index is 247. The van der Waals surface area contributed by atoms with Crippen molar-refractivity contribution < 1.29 is 24.1 Å².